The zero-order chi connectivity index (χ0) is 20.1. The monoisotopic (exact) mass is 401 g/mol. The van der Waals surface area contributed by atoms with Crippen molar-refractivity contribution in [2.24, 2.45) is 0 Å². The molecule has 1 atom stereocenters. The molecule has 0 aliphatic carbocycles. The topological polar surface area (TPSA) is 86.9 Å². The maximum Gasteiger partial charge on any atom is 0.231 e. The molecule has 8 heteroatoms. The van der Waals surface area contributed by atoms with Crippen molar-refractivity contribution < 1.29 is 23.4 Å². The van der Waals surface area contributed by atoms with E-state index < -0.39 is 0 Å². The van der Waals surface area contributed by atoms with Crippen LogP contribution < -0.4 is 9.47 Å². The molecule has 1 amide bonds. The molecule has 1 saturated heterocycles. The molecule has 2 aliphatic heterocycles. The average molecular weight is 401 g/mol. The Bertz CT molecular complexity index is 831. The van der Waals surface area contributed by atoms with E-state index in [1.165, 1.54) is 6.42 Å². The number of carbonyl (C=O) groups excluding carboxylic acids is 1. The molecule has 8 nitrogen and oxygen atoms in total. The lowest BCUT2D eigenvalue weighted by atomic mass is 10.1. The summed E-state index contributed by atoms with van der Waals surface area (Å²) in [5.41, 5.74) is 1.00. The molecule has 1 aromatic carbocycles. The number of benzene rings is 1. The maximum atomic E-state index is 12.4. The summed E-state index contributed by atoms with van der Waals surface area (Å²) in [5.74, 6) is 2.57. The lowest BCUT2D eigenvalue weighted by molar-refractivity contribution is -0.130. The van der Waals surface area contributed by atoms with E-state index in [-0.39, 0.29) is 18.8 Å². The highest BCUT2D eigenvalue weighted by atomic mass is 16.7. The largest absolute Gasteiger partial charge is 0.454 e. The highest BCUT2D eigenvalue weighted by Crippen LogP contribution is 2.33. The van der Waals surface area contributed by atoms with Gasteiger partial charge in [-0.25, -0.2) is 0 Å². The van der Waals surface area contributed by atoms with E-state index >= 15 is 0 Å². The molecule has 4 rings (SSSR count). The third kappa shape index (κ3) is 5.26. The minimum atomic E-state index is 0.0799. The predicted molar refractivity (Wildman–Crippen MR) is 104 cm³/mol. The third-order valence-corrected chi connectivity index (χ3v) is 5.34. The van der Waals surface area contributed by atoms with Gasteiger partial charge in [-0.15, -0.1) is 10.2 Å². The molecule has 156 valence electrons. The minimum Gasteiger partial charge on any atom is -0.454 e. The van der Waals surface area contributed by atoms with Crippen molar-refractivity contribution in [1.82, 2.24) is 15.1 Å². The fraction of sp³-hybridized carbons (Fsp3) is 0.571. The first-order chi connectivity index (χ1) is 14.2. The summed E-state index contributed by atoms with van der Waals surface area (Å²) < 4.78 is 22.1. The number of rotatable bonds is 8. The van der Waals surface area contributed by atoms with Crippen LogP contribution in [0.4, 0.5) is 0 Å². The van der Waals surface area contributed by atoms with Gasteiger partial charge in [-0.05, 0) is 43.4 Å². The molecule has 1 fully saturated rings. The van der Waals surface area contributed by atoms with Crippen molar-refractivity contribution >= 4 is 5.91 Å². The first-order valence-electron chi connectivity index (χ1n) is 10.2. The van der Waals surface area contributed by atoms with Crippen molar-refractivity contribution in [3.05, 3.63) is 35.5 Å². The Kier molecular flexibility index (Phi) is 6.29. The van der Waals surface area contributed by atoms with Gasteiger partial charge in [-0.1, -0.05) is 6.07 Å². The number of hydrogen-bond acceptors (Lipinski definition) is 7. The zero-order valence-electron chi connectivity index (χ0n) is 16.8. The summed E-state index contributed by atoms with van der Waals surface area (Å²) >= 11 is 0. The number of carbonyl (C=O) groups is 1. The summed E-state index contributed by atoms with van der Waals surface area (Å²) in [5, 5.41) is 8.17. The van der Waals surface area contributed by atoms with Crippen LogP contribution in [0.2, 0.25) is 0 Å². The zero-order valence-corrected chi connectivity index (χ0v) is 16.8. The van der Waals surface area contributed by atoms with Gasteiger partial charge in [0.25, 0.3) is 0 Å². The van der Waals surface area contributed by atoms with Crippen LogP contribution in [-0.4, -0.2) is 54.1 Å². The fourth-order valence-electron chi connectivity index (χ4n) is 3.59. The summed E-state index contributed by atoms with van der Waals surface area (Å²) in [6, 6.07) is 5.74. The Morgan fingerprint density at radius 2 is 2.03 bits per heavy atom. The Morgan fingerprint density at radius 3 is 2.90 bits per heavy atom. The van der Waals surface area contributed by atoms with Crippen LogP contribution in [0, 0.1) is 0 Å². The van der Waals surface area contributed by atoms with Crippen LogP contribution in [0.25, 0.3) is 0 Å². The number of ether oxygens (including phenoxy) is 3. The molecule has 0 bridgehead atoms. The Morgan fingerprint density at radius 1 is 1.17 bits per heavy atom. The summed E-state index contributed by atoms with van der Waals surface area (Å²) in [6.45, 7) is 1.80. The van der Waals surface area contributed by atoms with Crippen molar-refractivity contribution in [3.63, 3.8) is 0 Å². The molecule has 0 radical (unpaired) electrons. The number of aromatic nitrogens is 2. The molecule has 29 heavy (non-hydrogen) atoms. The van der Waals surface area contributed by atoms with E-state index in [0.717, 1.165) is 42.9 Å². The molecule has 0 spiro atoms. The van der Waals surface area contributed by atoms with Crippen molar-refractivity contribution in [3.8, 4) is 11.5 Å². The lowest BCUT2D eigenvalue weighted by Gasteiger charge is -2.25. The summed E-state index contributed by atoms with van der Waals surface area (Å²) in [7, 11) is 1.84. The van der Waals surface area contributed by atoms with Crippen LogP contribution in [0.15, 0.2) is 22.6 Å². The van der Waals surface area contributed by atoms with Gasteiger partial charge in [0.05, 0.1) is 12.5 Å². The number of fused-ring (bicyclic) bond motifs is 1. The number of amides is 1. The SMILES string of the molecule is CN(CC[C@@H]1CCCCO1)C(=O)CCc1nnc(Cc2ccc3c(c2)OCO3)o1. The summed E-state index contributed by atoms with van der Waals surface area (Å²) in [6.07, 6.45) is 5.94. The Balaban J connectivity index is 1.22. The van der Waals surface area contributed by atoms with E-state index in [2.05, 4.69) is 10.2 Å². The van der Waals surface area contributed by atoms with E-state index in [4.69, 9.17) is 18.6 Å². The van der Waals surface area contributed by atoms with Gasteiger partial charge in [0.1, 0.15) is 0 Å². The van der Waals surface area contributed by atoms with Crippen LogP contribution in [0.1, 0.15) is 49.4 Å². The van der Waals surface area contributed by atoms with Crippen molar-refractivity contribution in [2.45, 2.75) is 51.0 Å². The van der Waals surface area contributed by atoms with Gasteiger partial charge in [-0.2, -0.15) is 0 Å². The quantitative estimate of drug-likeness (QED) is 0.672. The molecule has 1 aromatic heterocycles. The molecular formula is C21H27N3O5. The van der Waals surface area contributed by atoms with Crippen LogP contribution in [-0.2, 0) is 22.4 Å². The van der Waals surface area contributed by atoms with Gasteiger partial charge in [0.15, 0.2) is 11.5 Å². The molecule has 3 heterocycles. The van der Waals surface area contributed by atoms with Crippen LogP contribution in [0.5, 0.6) is 11.5 Å². The van der Waals surface area contributed by atoms with Crippen LogP contribution in [0.3, 0.4) is 0 Å². The second-order valence-electron chi connectivity index (χ2n) is 7.55. The minimum absolute atomic E-state index is 0.0799. The van der Waals surface area contributed by atoms with E-state index in [0.29, 0.717) is 37.6 Å². The summed E-state index contributed by atoms with van der Waals surface area (Å²) in [4.78, 5) is 14.1. The maximum absolute atomic E-state index is 12.4. The van der Waals surface area contributed by atoms with E-state index in [1.807, 2.05) is 25.2 Å². The average Bonchev–Trinajstić information content (AvgIpc) is 3.40. The van der Waals surface area contributed by atoms with Gasteiger partial charge < -0.3 is 23.5 Å². The smallest absolute Gasteiger partial charge is 0.231 e. The standard InChI is InChI=1S/C21H27N3O5/c1-24(10-9-16-4-2-3-11-26-16)21(25)8-7-19-22-23-20(29-19)13-15-5-6-17-18(12-15)28-14-27-17/h5-6,12,16H,2-4,7-11,13-14H2,1H3/t16-/m0/s1. The first kappa shape index (κ1) is 19.7. The second kappa shape index (κ2) is 9.26. The first-order valence-corrected chi connectivity index (χ1v) is 10.2. The van der Waals surface area contributed by atoms with Crippen molar-refractivity contribution in [2.75, 3.05) is 27.0 Å². The molecule has 0 N–H and O–H groups in total. The third-order valence-electron chi connectivity index (χ3n) is 5.34. The van der Waals surface area contributed by atoms with Gasteiger partial charge in [0.2, 0.25) is 24.5 Å². The van der Waals surface area contributed by atoms with Gasteiger partial charge >= 0.3 is 0 Å². The predicted octanol–water partition coefficient (Wildman–Crippen LogP) is 2.74. The van der Waals surface area contributed by atoms with E-state index in [9.17, 15) is 4.79 Å². The molecule has 2 aromatic rings. The number of hydrogen-bond donors (Lipinski definition) is 0. The van der Waals surface area contributed by atoms with E-state index in [1.54, 1.807) is 4.90 Å². The Hall–Kier alpha value is -2.61. The van der Waals surface area contributed by atoms with Crippen molar-refractivity contribution in [1.29, 1.82) is 0 Å². The van der Waals surface area contributed by atoms with Crippen LogP contribution >= 0.6 is 0 Å². The molecular weight excluding hydrogens is 374 g/mol. The normalized spacial score (nSPS) is 18.0. The molecule has 0 unspecified atom stereocenters. The molecule has 0 saturated carbocycles. The number of nitrogens with zero attached hydrogens (tertiary/aromatic N) is 3. The highest BCUT2D eigenvalue weighted by molar-refractivity contribution is 5.75. The highest BCUT2D eigenvalue weighted by Gasteiger charge is 2.18. The fourth-order valence-corrected chi connectivity index (χ4v) is 3.59. The lowest BCUT2D eigenvalue weighted by Crippen LogP contribution is -2.31. The Labute approximate surface area is 170 Å². The van der Waals surface area contributed by atoms with Gasteiger partial charge in [0, 0.05) is 33.0 Å². The molecule has 2 aliphatic rings. The van der Waals surface area contributed by atoms with Gasteiger partial charge in [-0.3, -0.25) is 4.79 Å². The second-order valence-corrected chi connectivity index (χ2v) is 7.55. The number of aryl methyl sites for hydroxylation is 1.